The summed E-state index contributed by atoms with van der Waals surface area (Å²) < 4.78 is 13.2. The Morgan fingerprint density at radius 1 is 1.56 bits per heavy atom. The lowest BCUT2D eigenvalue weighted by Gasteiger charge is -2.21. The van der Waals surface area contributed by atoms with E-state index in [0.29, 0.717) is 6.42 Å². The summed E-state index contributed by atoms with van der Waals surface area (Å²) in [5, 5.41) is 8.84. The number of rotatable bonds is 4. The summed E-state index contributed by atoms with van der Waals surface area (Å²) in [6.07, 6.45) is 2.47. The van der Waals surface area contributed by atoms with Crippen LogP contribution in [0, 0.1) is 17.1 Å². The van der Waals surface area contributed by atoms with Gasteiger partial charge in [0.2, 0.25) is 0 Å². The molecular weight excluding hydrogens is 229 g/mol. The van der Waals surface area contributed by atoms with Crippen LogP contribution in [0.25, 0.3) is 0 Å². The minimum absolute atomic E-state index is 0.193. The fourth-order valence-electron chi connectivity index (χ4n) is 2.34. The minimum atomic E-state index is -0.759. The van der Waals surface area contributed by atoms with Crippen LogP contribution in [0.4, 0.5) is 10.1 Å². The van der Waals surface area contributed by atoms with Gasteiger partial charge in [-0.05, 0) is 43.9 Å². The van der Waals surface area contributed by atoms with Crippen LogP contribution in [-0.4, -0.2) is 18.6 Å². The van der Waals surface area contributed by atoms with Gasteiger partial charge in [0, 0.05) is 18.8 Å². The molecule has 96 valence electrons. The van der Waals surface area contributed by atoms with Gasteiger partial charge in [0.05, 0.1) is 6.07 Å². The quantitative estimate of drug-likeness (QED) is 0.887. The smallest absolute Gasteiger partial charge is 0.125 e. The fourth-order valence-corrected chi connectivity index (χ4v) is 2.34. The average Bonchev–Trinajstić information content (AvgIpc) is 2.72. The molecule has 1 unspecified atom stereocenters. The molecule has 0 bridgehead atoms. The van der Waals surface area contributed by atoms with Crippen molar-refractivity contribution in [2.24, 2.45) is 5.73 Å². The summed E-state index contributed by atoms with van der Waals surface area (Å²) in [5.41, 5.74) is 7.21. The van der Waals surface area contributed by atoms with Gasteiger partial charge in [-0.25, -0.2) is 4.39 Å². The van der Waals surface area contributed by atoms with Crippen LogP contribution in [0.5, 0.6) is 0 Å². The summed E-state index contributed by atoms with van der Waals surface area (Å²) in [4.78, 5) is 2.17. The van der Waals surface area contributed by atoms with Crippen molar-refractivity contribution in [1.82, 2.24) is 0 Å². The number of nitriles is 1. The second-order valence-corrected chi connectivity index (χ2v) is 5.14. The van der Waals surface area contributed by atoms with E-state index >= 15 is 0 Å². The molecule has 1 aromatic carbocycles. The number of hydrogen-bond acceptors (Lipinski definition) is 3. The van der Waals surface area contributed by atoms with Gasteiger partial charge in [-0.3, -0.25) is 0 Å². The molecule has 18 heavy (non-hydrogen) atoms. The van der Waals surface area contributed by atoms with E-state index in [4.69, 9.17) is 11.0 Å². The Labute approximate surface area is 107 Å². The second-order valence-electron chi connectivity index (χ2n) is 5.14. The summed E-state index contributed by atoms with van der Waals surface area (Å²) in [6, 6.07) is 7.05. The predicted molar refractivity (Wildman–Crippen MR) is 69.8 cm³/mol. The molecule has 3 nitrogen and oxygen atoms in total. The molecule has 0 fully saturated rings. The molecule has 0 radical (unpaired) electrons. The molecule has 0 amide bonds. The largest absolute Gasteiger partial charge is 0.371 e. The first kappa shape index (κ1) is 12.8. The Hall–Kier alpha value is -1.60. The third-order valence-corrected chi connectivity index (χ3v) is 3.42. The van der Waals surface area contributed by atoms with Gasteiger partial charge < -0.3 is 10.6 Å². The lowest BCUT2D eigenvalue weighted by molar-refractivity contribution is 0.520. The van der Waals surface area contributed by atoms with Gasteiger partial charge in [-0.2, -0.15) is 5.26 Å². The SMILES string of the molecule is CC(N)(C#N)CCCN1CCc2ccc(F)cc21. The number of nitrogens with zero attached hydrogens (tertiary/aromatic N) is 2. The van der Waals surface area contributed by atoms with Crippen LogP contribution < -0.4 is 10.6 Å². The van der Waals surface area contributed by atoms with Gasteiger partial charge in [-0.1, -0.05) is 6.07 Å². The molecule has 1 aliphatic rings. The number of halogens is 1. The average molecular weight is 247 g/mol. The van der Waals surface area contributed by atoms with E-state index in [9.17, 15) is 4.39 Å². The number of anilines is 1. The highest BCUT2D eigenvalue weighted by molar-refractivity contribution is 5.58. The van der Waals surface area contributed by atoms with E-state index < -0.39 is 5.54 Å². The molecule has 0 aliphatic carbocycles. The Balaban J connectivity index is 1.94. The third kappa shape index (κ3) is 2.80. The first-order valence-corrected chi connectivity index (χ1v) is 6.25. The maximum absolute atomic E-state index is 13.2. The van der Waals surface area contributed by atoms with Gasteiger partial charge in [0.25, 0.3) is 0 Å². The van der Waals surface area contributed by atoms with Crippen molar-refractivity contribution in [2.75, 3.05) is 18.0 Å². The summed E-state index contributed by atoms with van der Waals surface area (Å²) in [6.45, 7) is 3.49. The number of fused-ring (bicyclic) bond motifs is 1. The number of benzene rings is 1. The van der Waals surface area contributed by atoms with E-state index in [1.54, 1.807) is 13.0 Å². The summed E-state index contributed by atoms with van der Waals surface area (Å²) >= 11 is 0. The normalized spacial score (nSPS) is 17.1. The van der Waals surface area contributed by atoms with E-state index in [1.165, 1.54) is 11.6 Å². The second kappa shape index (κ2) is 4.95. The Bertz CT molecular complexity index is 476. The predicted octanol–water partition coefficient (Wildman–Crippen LogP) is 2.21. The first-order chi connectivity index (χ1) is 8.52. The van der Waals surface area contributed by atoms with Gasteiger partial charge in [0.15, 0.2) is 0 Å². The lowest BCUT2D eigenvalue weighted by atomic mass is 9.99. The van der Waals surface area contributed by atoms with Crippen LogP contribution in [0.15, 0.2) is 18.2 Å². The van der Waals surface area contributed by atoms with Gasteiger partial charge in [0.1, 0.15) is 11.4 Å². The first-order valence-electron chi connectivity index (χ1n) is 6.25. The van der Waals surface area contributed by atoms with E-state index in [-0.39, 0.29) is 5.82 Å². The van der Waals surface area contributed by atoms with Crippen molar-refractivity contribution in [1.29, 1.82) is 5.26 Å². The molecule has 0 saturated carbocycles. The van der Waals surface area contributed by atoms with Gasteiger partial charge in [-0.15, -0.1) is 0 Å². The monoisotopic (exact) mass is 247 g/mol. The van der Waals surface area contributed by atoms with Crippen molar-refractivity contribution in [3.05, 3.63) is 29.6 Å². The Morgan fingerprint density at radius 3 is 3.06 bits per heavy atom. The number of nitrogens with two attached hydrogens (primary N) is 1. The molecule has 0 spiro atoms. The maximum Gasteiger partial charge on any atom is 0.125 e. The van der Waals surface area contributed by atoms with E-state index in [2.05, 4.69) is 11.0 Å². The summed E-state index contributed by atoms with van der Waals surface area (Å²) in [7, 11) is 0. The zero-order valence-corrected chi connectivity index (χ0v) is 10.6. The maximum atomic E-state index is 13.2. The molecule has 0 aromatic heterocycles. The van der Waals surface area contributed by atoms with Crippen molar-refractivity contribution in [2.45, 2.75) is 31.7 Å². The molecule has 1 aliphatic heterocycles. The number of hydrogen-bond donors (Lipinski definition) is 1. The van der Waals surface area contributed by atoms with Crippen LogP contribution >= 0.6 is 0 Å². The van der Waals surface area contributed by atoms with Crippen LogP contribution in [0.3, 0.4) is 0 Å². The van der Waals surface area contributed by atoms with E-state index in [0.717, 1.165) is 31.6 Å². The highest BCUT2D eigenvalue weighted by Crippen LogP contribution is 2.29. The summed E-state index contributed by atoms with van der Waals surface area (Å²) in [5.74, 6) is -0.193. The lowest BCUT2D eigenvalue weighted by Crippen LogP contribution is -2.35. The molecule has 2 rings (SSSR count). The molecular formula is C14H18FN3. The Kier molecular flexibility index (Phi) is 3.53. The van der Waals surface area contributed by atoms with Crippen LogP contribution in [0.1, 0.15) is 25.3 Å². The minimum Gasteiger partial charge on any atom is -0.371 e. The molecule has 2 N–H and O–H groups in total. The van der Waals surface area contributed by atoms with Crippen molar-refractivity contribution >= 4 is 5.69 Å². The highest BCUT2D eigenvalue weighted by atomic mass is 19.1. The highest BCUT2D eigenvalue weighted by Gasteiger charge is 2.21. The molecule has 1 atom stereocenters. The van der Waals surface area contributed by atoms with Crippen LogP contribution in [-0.2, 0) is 6.42 Å². The fraction of sp³-hybridized carbons (Fsp3) is 0.500. The van der Waals surface area contributed by atoms with Gasteiger partial charge >= 0.3 is 0 Å². The zero-order chi connectivity index (χ0) is 13.2. The van der Waals surface area contributed by atoms with Crippen molar-refractivity contribution in [3.63, 3.8) is 0 Å². The molecule has 1 aromatic rings. The molecule has 4 heteroatoms. The topological polar surface area (TPSA) is 53.1 Å². The van der Waals surface area contributed by atoms with E-state index in [1.807, 2.05) is 6.07 Å². The Morgan fingerprint density at radius 2 is 2.33 bits per heavy atom. The third-order valence-electron chi connectivity index (χ3n) is 3.42. The van der Waals surface area contributed by atoms with Crippen LogP contribution in [0.2, 0.25) is 0 Å². The molecule has 1 heterocycles. The zero-order valence-electron chi connectivity index (χ0n) is 10.6. The standard InChI is InChI=1S/C14H18FN3/c1-14(17,10-16)6-2-7-18-8-5-11-3-4-12(15)9-13(11)18/h3-4,9H,2,5-8,17H2,1H3. The van der Waals surface area contributed by atoms with Crippen molar-refractivity contribution in [3.8, 4) is 6.07 Å². The van der Waals surface area contributed by atoms with Crippen molar-refractivity contribution < 1.29 is 4.39 Å². The molecule has 0 saturated heterocycles.